The Labute approximate surface area is 192 Å². The molecule has 0 aliphatic carbocycles. The Kier molecular flexibility index (Phi) is 6.29. The first-order valence-electron chi connectivity index (χ1n) is 9.93. The third-order valence-electron chi connectivity index (χ3n) is 5.04. The van der Waals surface area contributed by atoms with Crippen molar-refractivity contribution in [3.8, 4) is 11.5 Å². The van der Waals surface area contributed by atoms with E-state index >= 15 is 0 Å². The molecule has 1 atom stereocenters. The maximum atomic E-state index is 13.5. The van der Waals surface area contributed by atoms with Crippen molar-refractivity contribution in [3.63, 3.8) is 0 Å². The number of carbonyl (C=O) groups is 1. The molecule has 0 amide bonds. The van der Waals surface area contributed by atoms with Gasteiger partial charge in [-0.15, -0.1) is 11.3 Å². The Morgan fingerprint density at radius 3 is 2.66 bits per heavy atom. The zero-order valence-electron chi connectivity index (χ0n) is 18.1. The number of esters is 1. The second kappa shape index (κ2) is 9.13. The van der Waals surface area contributed by atoms with E-state index in [-0.39, 0.29) is 12.2 Å². The number of nitrogens with zero attached hydrogens (tertiary/aromatic N) is 2. The number of ether oxygens (including phenoxy) is 3. The SMILES string of the molecule is CCOC(=O)C1=C(C)N=c2s/c(=C\c3ccc(OC)c(OC)c3)c(=O)n2C1c1cccs1. The minimum Gasteiger partial charge on any atom is -0.493 e. The van der Waals surface area contributed by atoms with Gasteiger partial charge >= 0.3 is 5.97 Å². The lowest BCUT2D eigenvalue weighted by molar-refractivity contribution is -0.139. The van der Waals surface area contributed by atoms with Gasteiger partial charge in [0, 0.05) is 4.88 Å². The molecule has 166 valence electrons. The molecule has 0 N–H and O–H groups in total. The van der Waals surface area contributed by atoms with Crippen LogP contribution in [0, 0.1) is 0 Å². The maximum Gasteiger partial charge on any atom is 0.338 e. The summed E-state index contributed by atoms with van der Waals surface area (Å²) in [5, 5.41) is 1.92. The average molecular weight is 471 g/mol. The summed E-state index contributed by atoms with van der Waals surface area (Å²) in [5.41, 5.74) is 1.53. The number of hydrogen-bond acceptors (Lipinski definition) is 8. The van der Waals surface area contributed by atoms with Gasteiger partial charge in [0.05, 0.1) is 36.6 Å². The van der Waals surface area contributed by atoms with E-state index in [1.165, 1.54) is 22.7 Å². The highest BCUT2D eigenvalue weighted by Crippen LogP contribution is 2.33. The van der Waals surface area contributed by atoms with Crippen LogP contribution in [0.5, 0.6) is 11.5 Å². The number of fused-ring (bicyclic) bond motifs is 1. The van der Waals surface area contributed by atoms with E-state index in [9.17, 15) is 9.59 Å². The highest BCUT2D eigenvalue weighted by atomic mass is 32.1. The van der Waals surface area contributed by atoms with Crippen LogP contribution < -0.4 is 24.4 Å². The summed E-state index contributed by atoms with van der Waals surface area (Å²) in [4.78, 5) is 32.3. The lowest BCUT2D eigenvalue weighted by Crippen LogP contribution is -2.39. The van der Waals surface area contributed by atoms with Crippen LogP contribution in [0.4, 0.5) is 0 Å². The van der Waals surface area contributed by atoms with Crippen LogP contribution in [0.3, 0.4) is 0 Å². The van der Waals surface area contributed by atoms with Crippen molar-refractivity contribution >= 4 is 34.7 Å². The zero-order chi connectivity index (χ0) is 22.8. The molecule has 1 aromatic carbocycles. The summed E-state index contributed by atoms with van der Waals surface area (Å²) in [5.74, 6) is 0.728. The van der Waals surface area contributed by atoms with E-state index in [4.69, 9.17) is 14.2 Å². The molecular formula is C23H22N2O5S2. The van der Waals surface area contributed by atoms with Gasteiger partial charge in [-0.05, 0) is 49.1 Å². The highest BCUT2D eigenvalue weighted by Gasteiger charge is 2.33. The minimum absolute atomic E-state index is 0.212. The van der Waals surface area contributed by atoms with E-state index in [0.717, 1.165) is 10.4 Å². The molecule has 3 heterocycles. The molecule has 0 saturated carbocycles. The van der Waals surface area contributed by atoms with E-state index < -0.39 is 12.0 Å². The molecule has 1 unspecified atom stereocenters. The number of benzene rings is 1. The molecule has 1 aliphatic rings. The molecule has 9 heteroatoms. The Hall–Kier alpha value is -3.17. The third kappa shape index (κ3) is 3.89. The third-order valence-corrected chi connectivity index (χ3v) is 6.94. The molecular weight excluding hydrogens is 448 g/mol. The van der Waals surface area contributed by atoms with Crippen molar-refractivity contribution < 1.29 is 19.0 Å². The first-order valence-corrected chi connectivity index (χ1v) is 11.6. The number of thiazole rings is 1. The number of aromatic nitrogens is 1. The monoisotopic (exact) mass is 470 g/mol. The maximum absolute atomic E-state index is 13.5. The van der Waals surface area contributed by atoms with Crippen molar-refractivity contribution in [1.82, 2.24) is 4.57 Å². The molecule has 1 aliphatic heterocycles. The Morgan fingerprint density at radius 2 is 2.00 bits per heavy atom. The largest absolute Gasteiger partial charge is 0.493 e. The number of allylic oxidation sites excluding steroid dienone is 1. The van der Waals surface area contributed by atoms with Gasteiger partial charge in [0.25, 0.3) is 5.56 Å². The number of carbonyl (C=O) groups excluding carboxylic acids is 1. The summed E-state index contributed by atoms with van der Waals surface area (Å²) in [6.45, 7) is 3.78. The normalized spacial score (nSPS) is 15.9. The van der Waals surface area contributed by atoms with Gasteiger partial charge in [-0.25, -0.2) is 9.79 Å². The van der Waals surface area contributed by atoms with Crippen LogP contribution in [0.25, 0.3) is 6.08 Å². The first-order chi connectivity index (χ1) is 15.5. The molecule has 0 bridgehead atoms. The highest BCUT2D eigenvalue weighted by molar-refractivity contribution is 7.10. The molecule has 0 spiro atoms. The summed E-state index contributed by atoms with van der Waals surface area (Å²) in [6.07, 6.45) is 1.79. The van der Waals surface area contributed by atoms with Gasteiger partial charge < -0.3 is 14.2 Å². The van der Waals surface area contributed by atoms with Crippen LogP contribution in [0.2, 0.25) is 0 Å². The molecule has 32 heavy (non-hydrogen) atoms. The lowest BCUT2D eigenvalue weighted by atomic mass is 10.0. The van der Waals surface area contributed by atoms with Gasteiger partial charge in [-0.2, -0.15) is 0 Å². The molecule has 3 aromatic rings. The van der Waals surface area contributed by atoms with Crippen LogP contribution in [0.1, 0.15) is 30.3 Å². The molecule has 4 rings (SSSR count). The van der Waals surface area contributed by atoms with Gasteiger partial charge in [-0.1, -0.05) is 23.5 Å². The van der Waals surface area contributed by atoms with E-state index in [1.807, 2.05) is 29.6 Å². The van der Waals surface area contributed by atoms with Crippen LogP contribution >= 0.6 is 22.7 Å². The van der Waals surface area contributed by atoms with Crippen molar-refractivity contribution in [2.45, 2.75) is 19.9 Å². The average Bonchev–Trinajstić information content (AvgIpc) is 3.41. The van der Waals surface area contributed by atoms with E-state index in [0.29, 0.717) is 32.1 Å². The van der Waals surface area contributed by atoms with Gasteiger partial charge in [0.2, 0.25) is 0 Å². The summed E-state index contributed by atoms with van der Waals surface area (Å²) >= 11 is 2.77. The number of methoxy groups -OCH3 is 2. The predicted octanol–water partition coefficient (Wildman–Crippen LogP) is 2.88. The number of hydrogen-bond donors (Lipinski definition) is 0. The van der Waals surface area contributed by atoms with Crippen LogP contribution in [-0.4, -0.2) is 31.4 Å². The fourth-order valence-electron chi connectivity index (χ4n) is 3.60. The van der Waals surface area contributed by atoms with Crippen molar-refractivity contribution in [1.29, 1.82) is 0 Å². The fourth-order valence-corrected chi connectivity index (χ4v) is 5.47. The topological polar surface area (TPSA) is 79.1 Å². The second-order valence-electron chi connectivity index (χ2n) is 6.93. The summed E-state index contributed by atoms with van der Waals surface area (Å²) < 4.78 is 18.0. The molecule has 7 nitrogen and oxygen atoms in total. The Bertz CT molecular complexity index is 1370. The number of rotatable bonds is 6. The van der Waals surface area contributed by atoms with Crippen molar-refractivity contribution in [3.05, 3.63) is 77.1 Å². The quantitative estimate of drug-likeness (QED) is 0.518. The molecule has 0 saturated heterocycles. The molecule has 0 radical (unpaired) electrons. The van der Waals surface area contributed by atoms with Gasteiger partial charge in [0.15, 0.2) is 16.3 Å². The minimum atomic E-state index is -0.571. The number of thiophene rings is 1. The van der Waals surface area contributed by atoms with Crippen molar-refractivity contribution in [2.24, 2.45) is 4.99 Å². The van der Waals surface area contributed by atoms with E-state index in [1.54, 1.807) is 44.8 Å². The standard InChI is InChI=1S/C23H22N2O5S2/c1-5-30-22(27)19-13(2)24-23-25(20(19)17-7-6-10-31-17)21(26)18(32-23)12-14-8-9-15(28-3)16(11-14)29-4/h6-12,20H,5H2,1-4H3/b18-12-. The van der Waals surface area contributed by atoms with E-state index in [2.05, 4.69) is 4.99 Å². The van der Waals surface area contributed by atoms with Gasteiger partial charge in [-0.3, -0.25) is 9.36 Å². The molecule has 2 aromatic heterocycles. The smallest absolute Gasteiger partial charge is 0.338 e. The lowest BCUT2D eigenvalue weighted by Gasteiger charge is -2.23. The van der Waals surface area contributed by atoms with Crippen molar-refractivity contribution in [2.75, 3.05) is 20.8 Å². The van der Waals surface area contributed by atoms with Crippen LogP contribution in [0.15, 0.2) is 56.8 Å². The zero-order valence-corrected chi connectivity index (χ0v) is 19.7. The fraction of sp³-hybridized carbons (Fsp3) is 0.261. The van der Waals surface area contributed by atoms with Crippen LogP contribution in [-0.2, 0) is 9.53 Å². The second-order valence-corrected chi connectivity index (χ2v) is 8.92. The Balaban J connectivity index is 1.90. The van der Waals surface area contributed by atoms with Gasteiger partial charge in [0.1, 0.15) is 6.04 Å². The Morgan fingerprint density at radius 1 is 1.22 bits per heavy atom. The summed E-state index contributed by atoms with van der Waals surface area (Å²) in [6, 6.07) is 8.70. The predicted molar refractivity (Wildman–Crippen MR) is 124 cm³/mol. The molecule has 0 fully saturated rings. The first kappa shape index (κ1) is 22.0. The summed E-state index contributed by atoms with van der Waals surface area (Å²) in [7, 11) is 3.14.